The van der Waals surface area contributed by atoms with Crippen molar-refractivity contribution in [2.45, 2.75) is 23.3 Å². The Morgan fingerprint density at radius 1 is 1.06 bits per heavy atom. The number of halogens is 2. The van der Waals surface area contributed by atoms with E-state index in [-0.39, 0.29) is 53.0 Å². The van der Waals surface area contributed by atoms with Crippen LogP contribution in [-0.4, -0.2) is 60.0 Å². The molecular formula is C19H20F2N2O7S2. The zero-order valence-electron chi connectivity index (χ0n) is 16.8. The van der Waals surface area contributed by atoms with Crippen molar-refractivity contribution < 1.29 is 39.9 Å². The second-order valence-corrected chi connectivity index (χ2v) is 10.4. The summed E-state index contributed by atoms with van der Waals surface area (Å²) in [5.41, 5.74) is 0.108. The first-order valence-electron chi connectivity index (χ1n) is 9.31. The number of nitrogens with one attached hydrogen (secondary N) is 1. The molecule has 1 N–H and O–H groups in total. The van der Waals surface area contributed by atoms with E-state index in [1.165, 1.54) is 23.4 Å². The van der Waals surface area contributed by atoms with Gasteiger partial charge in [0.2, 0.25) is 10.0 Å². The number of benzene rings is 2. The van der Waals surface area contributed by atoms with E-state index in [0.29, 0.717) is 0 Å². The Bertz CT molecular complexity index is 1190. The lowest BCUT2D eigenvalue weighted by Gasteiger charge is -2.26. The molecule has 32 heavy (non-hydrogen) atoms. The highest BCUT2D eigenvalue weighted by molar-refractivity contribution is 7.90. The molecule has 1 amide bonds. The molecule has 0 bridgehead atoms. The van der Waals surface area contributed by atoms with Crippen LogP contribution in [0.2, 0.25) is 0 Å². The van der Waals surface area contributed by atoms with Gasteiger partial charge in [-0.1, -0.05) is 6.07 Å². The summed E-state index contributed by atoms with van der Waals surface area (Å²) in [6, 6.07) is 8.05. The van der Waals surface area contributed by atoms with Gasteiger partial charge in [0.1, 0.15) is 5.75 Å². The van der Waals surface area contributed by atoms with Crippen LogP contribution in [0.3, 0.4) is 0 Å². The lowest BCUT2D eigenvalue weighted by atomic mass is 10.2. The molecule has 0 spiro atoms. The number of ether oxygens (including phenoxy) is 2. The number of aryl methyl sites for hydroxylation is 1. The van der Waals surface area contributed by atoms with E-state index in [1.807, 2.05) is 4.72 Å². The van der Waals surface area contributed by atoms with Crippen molar-refractivity contribution in [3.05, 3.63) is 53.6 Å². The molecule has 174 valence electrons. The molecule has 1 saturated heterocycles. The molecule has 0 atom stereocenters. The van der Waals surface area contributed by atoms with Gasteiger partial charge in [0.15, 0.2) is 0 Å². The third kappa shape index (κ3) is 5.41. The van der Waals surface area contributed by atoms with E-state index < -0.39 is 32.6 Å². The second-order valence-electron chi connectivity index (χ2n) is 6.78. The molecule has 2 aromatic rings. The lowest BCUT2D eigenvalue weighted by Crippen LogP contribution is -2.40. The second kappa shape index (κ2) is 9.48. The van der Waals surface area contributed by atoms with E-state index in [1.54, 1.807) is 0 Å². The van der Waals surface area contributed by atoms with Gasteiger partial charge in [-0.3, -0.25) is 4.79 Å². The van der Waals surface area contributed by atoms with Crippen LogP contribution in [0, 0.1) is 6.92 Å². The summed E-state index contributed by atoms with van der Waals surface area (Å²) < 4.78 is 88.2. The number of rotatable bonds is 7. The number of hydrogen-bond acceptors (Lipinski definition) is 7. The third-order valence-electron chi connectivity index (χ3n) is 4.63. The molecule has 1 aliphatic rings. The average Bonchev–Trinajstić information content (AvgIpc) is 2.74. The van der Waals surface area contributed by atoms with Gasteiger partial charge < -0.3 is 9.47 Å². The lowest BCUT2D eigenvalue weighted by molar-refractivity contribution is -0.0498. The number of sulfonamides is 2. The normalized spacial score (nSPS) is 15.5. The van der Waals surface area contributed by atoms with Crippen molar-refractivity contribution in [2.75, 3.05) is 26.3 Å². The van der Waals surface area contributed by atoms with E-state index in [2.05, 4.69) is 4.74 Å². The summed E-state index contributed by atoms with van der Waals surface area (Å²) in [6.45, 7) is -0.846. The molecule has 1 heterocycles. The molecule has 2 aromatic carbocycles. The van der Waals surface area contributed by atoms with Crippen LogP contribution < -0.4 is 9.46 Å². The van der Waals surface area contributed by atoms with Gasteiger partial charge in [-0.15, -0.1) is 0 Å². The van der Waals surface area contributed by atoms with Crippen LogP contribution in [0.25, 0.3) is 0 Å². The summed E-state index contributed by atoms with van der Waals surface area (Å²) in [7, 11) is -8.40. The van der Waals surface area contributed by atoms with Crippen molar-refractivity contribution in [1.82, 2.24) is 9.03 Å². The van der Waals surface area contributed by atoms with Crippen molar-refractivity contribution >= 4 is 26.0 Å². The fourth-order valence-electron chi connectivity index (χ4n) is 2.99. The Morgan fingerprint density at radius 2 is 1.69 bits per heavy atom. The fourth-order valence-corrected chi connectivity index (χ4v) is 5.75. The number of carbonyl (C=O) groups excluding carboxylic acids is 1. The molecule has 1 fully saturated rings. The van der Waals surface area contributed by atoms with E-state index in [0.717, 1.165) is 30.3 Å². The minimum atomic E-state index is -4.44. The Balaban J connectivity index is 1.84. The topological polar surface area (TPSA) is 119 Å². The fraction of sp³-hybridized carbons (Fsp3) is 0.316. The van der Waals surface area contributed by atoms with Crippen molar-refractivity contribution in [3.8, 4) is 5.75 Å². The minimum absolute atomic E-state index is 0.120. The van der Waals surface area contributed by atoms with Crippen LogP contribution in [0.4, 0.5) is 8.78 Å². The Kier molecular flexibility index (Phi) is 7.12. The summed E-state index contributed by atoms with van der Waals surface area (Å²) in [5, 5.41) is 0. The number of carbonyl (C=O) groups is 1. The van der Waals surface area contributed by atoms with Gasteiger partial charge in [-0.2, -0.15) is 13.1 Å². The quantitative estimate of drug-likeness (QED) is 0.628. The van der Waals surface area contributed by atoms with Crippen LogP contribution in [0.5, 0.6) is 5.75 Å². The van der Waals surface area contributed by atoms with Crippen LogP contribution in [-0.2, 0) is 24.8 Å². The average molecular weight is 491 g/mol. The minimum Gasteiger partial charge on any atom is -0.435 e. The van der Waals surface area contributed by atoms with E-state index in [9.17, 15) is 30.4 Å². The number of alkyl halides is 2. The monoisotopic (exact) mass is 490 g/mol. The van der Waals surface area contributed by atoms with Gasteiger partial charge in [0.25, 0.3) is 15.9 Å². The van der Waals surface area contributed by atoms with Crippen LogP contribution in [0.15, 0.2) is 52.3 Å². The van der Waals surface area contributed by atoms with Gasteiger partial charge in [0.05, 0.1) is 23.0 Å². The van der Waals surface area contributed by atoms with Gasteiger partial charge in [-0.05, 0) is 48.9 Å². The zero-order valence-corrected chi connectivity index (χ0v) is 18.5. The molecule has 9 nitrogen and oxygen atoms in total. The smallest absolute Gasteiger partial charge is 0.387 e. The van der Waals surface area contributed by atoms with Crippen LogP contribution in [0.1, 0.15) is 15.9 Å². The summed E-state index contributed by atoms with van der Waals surface area (Å²) >= 11 is 0. The molecule has 13 heteroatoms. The highest BCUT2D eigenvalue weighted by atomic mass is 32.2. The molecular weight excluding hydrogens is 470 g/mol. The predicted octanol–water partition coefficient (Wildman–Crippen LogP) is 1.74. The first-order chi connectivity index (χ1) is 15.0. The maximum absolute atomic E-state index is 12.9. The molecule has 1 aliphatic heterocycles. The van der Waals surface area contributed by atoms with Crippen LogP contribution >= 0.6 is 0 Å². The molecule has 0 radical (unpaired) electrons. The highest BCUT2D eigenvalue weighted by Crippen LogP contribution is 2.24. The standard InChI is InChI=1S/C19H20F2N2O7S2/c1-13-2-7-16(32(27,28)23-8-10-29-11-9-23)12-17(13)31(25,26)22-18(24)14-3-5-15(6-4-14)30-19(20)21/h2-7,12,19H,8-11H2,1H3,(H,22,24). The van der Waals surface area contributed by atoms with Gasteiger partial charge in [0, 0.05) is 18.7 Å². The Labute approximate surface area is 184 Å². The number of hydrogen-bond donors (Lipinski definition) is 1. The predicted molar refractivity (Wildman–Crippen MR) is 108 cm³/mol. The van der Waals surface area contributed by atoms with Crippen molar-refractivity contribution in [2.24, 2.45) is 0 Å². The molecule has 0 unspecified atom stereocenters. The van der Waals surface area contributed by atoms with Crippen molar-refractivity contribution in [3.63, 3.8) is 0 Å². The highest BCUT2D eigenvalue weighted by Gasteiger charge is 2.29. The molecule has 0 aromatic heterocycles. The third-order valence-corrected chi connectivity index (χ3v) is 7.99. The number of morpholine rings is 1. The first kappa shape index (κ1) is 24.0. The SMILES string of the molecule is Cc1ccc(S(=O)(=O)N2CCOCC2)cc1S(=O)(=O)NC(=O)c1ccc(OC(F)F)cc1. The molecule has 3 rings (SSSR count). The van der Waals surface area contributed by atoms with Gasteiger partial charge >= 0.3 is 6.61 Å². The van der Waals surface area contributed by atoms with E-state index >= 15 is 0 Å². The Morgan fingerprint density at radius 3 is 2.28 bits per heavy atom. The Hall–Kier alpha value is -2.61. The maximum Gasteiger partial charge on any atom is 0.387 e. The largest absolute Gasteiger partial charge is 0.435 e. The zero-order chi connectivity index (χ0) is 23.5. The maximum atomic E-state index is 12.9. The number of amides is 1. The van der Waals surface area contributed by atoms with Gasteiger partial charge in [-0.25, -0.2) is 21.6 Å². The van der Waals surface area contributed by atoms with E-state index in [4.69, 9.17) is 4.74 Å². The molecule has 0 aliphatic carbocycles. The molecule has 0 saturated carbocycles. The first-order valence-corrected chi connectivity index (χ1v) is 12.2. The summed E-state index contributed by atoms with van der Waals surface area (Å²) in [5.74, 6) is -1.22. The summed E-state index contributed by atoms with van der Waals surface area (Å²) in [6.07, 6.45) is 0. The summed E-state index contributed by atoms with van der Waals surface area (Å²) in [4.78, 5) is 11.8. The van der Waals surface area contributed by atoms with Crippen molar-refractivity contribution in [1.29, 1.82) is 0 Å². The number of nitrogens with zero attached hydrogens (tertiary/aromatic N) is 1.